The highest BCUT2D eigenvalue weighted by molar-refractivity contribution is 14.0. The molecule has 0 aliphatic rings. The number of hydrogen-bond acceptors (Lipinski definition) is 3. The largest absolute Gasteiger partial charge is 0.494 e. The molecule has 1 aromatic heterocycles. The summed E-state index contributed by atoms with van der Waals surface area (Å²) in [5.74, 6) is 1.79. The number of rotatable bonds is 9. The predicted octanol–water partition coefficient (Wildman–Crippen LogP) is 3.31. The Hall–Kier alpha value is -1.77. The van der Waals surface area contributed by atoms with E-state index in [4.69, 9.17) is 4.74 Å². The second kappa shape index (κ2) is 12.6. The lowest BCUT2D eigenvalue weighted by atomic mass is 10.1. The zero-order chi connectivity index (χ0) is 18.8. The summed E-state index contributed by atoms with van der Waals surface area (Å²) in [7, 11) is 1.80. The van der Waals surface area contributed by atoms with E-state index in [0.29, 0.717) is 6.61 Å². The van der Waals surface area contributed by atoms with Gasteiger partial charge in [0.05, 0.1) is 12.3 Å². The fourth-order valence-electron chi connectivity index (χ4n) is 2.88. The molecule has 0 amide bonds. The summed E-state index contributed by atoms with van der Waals surface area (Å²) in [6.45, 7) is 9.38. The number of ether oxygens (including phenoxy) is 1. The number of guanidine groups is 1. The fourth-order valence-corrected chi connectivity index (χ4v) is 2.88. The molecular weight excluding hydrogens is 453 g/mol. The number of halogens is 1. The molecule has 27 heavy (non-hydrogen) atoms. The first-order valence-electron chi connectivity index (χ1n) is 9.30. The molecule has 2 aromatic rings. The number of aliphatic imine (C=N–C) groups is 1. The van der Waals surface area contributed by atoms with Crippen LogP contribution in [0.4, 0.5) is 0 Å². The molecule has 0 radical (unpaired) electrons. The van der Waals surface area contributed by atoms with E-state index >= 15 is 0 Å². The Balaban J connectivity index is 0.00000364. The molecule has 0 fully saturated rings. The van der Waals surface area contributed by atoms with Gasteiger partial charge in [-0.05, 0) is 51.3 Å². The van der Waals surface area contributed by atoms with Crippen molar-refractivity contribution in [2.24, 2.45) is 4.99 Å². The molecule has 1 heterocycles. The number of nitrogens with zero attached hydrogens (tertiary/aromatic N) is 3. The molecule has 0 saturated carbocycles. The average molecular weight is 485 g/mol. The van der Waals surface area contributed by atoms with E-state index in [0.717, 1.165) is 49.9 Å². The van der Waals surface area contributed by atoms with Crippen molar-refractivity contribution < 1.29 is 4.74 Å². The van der Waals surface area contributed by atoms with Crippen LogP contribution in [-0.4, -0.2) is 42.5 Å². The first kappa shape index (κ1) is 23.3. The van der Waals surface area contributed by atoms with Gasteiger partial charge in [-0.25, -0.2) is 0 Å². The van der Waals surface area contributed by atoms with Crippen molar-refractivity contribution in [2.75, 3.05) is 26.7 Å². The summed E-state index contributed by atoms with van der Waals surface area (Å²) in [5, 5.41) is 11.2. The minimum absolute atomic E-state index is 0. The van der Waals surface area contributed by atoms with E-state index in [1.165, 1.54) is 11.3 Å². The predicted molar refractivity (Wildman–Crippen MR) is 122 cm³/mol. The van der Waals surface area contributed by atoms with Crippen molar-refractivity contribution in [3.63, 3.8) is 0 Å². The Morgan fingerprint density at radius 2 is 1.93 bits per heavy atom. The molecule has 0 unspecified atom stereocenters. The van der Waals surface area contributed by atoms with Crippen LogP contribution in [0.25, 0.3) is 0 Å². The monoisotopic (exact) mass is 485 g/mol. The molecule has 150 valence electrons. The van der Waals surface area contributed by atoms with Gasteiger partial charge in [0.15, 0.2) is 5.96 Å². The highest BCUT2D eigenvalue weighted by Gasteiger charge is 2.04. The van der Waals surface area contributed by atoms with E-state index in [-0.39, 0.29) is 24.0 Å². The highest BCUT2D eigenvalue weighted by Crippen LogP contribution is 2.17. The van der Waals surface area contributed by atoms with Gasteiger partial charge < -0.3 is 15.4 Å². The van der Waals surface area contributed by atoms with Crippen molar-refractivity contribution >= 4 is 29.9 Å². The molecule has 0 atom stereocenters. The average Bonchev–Trinajstić information content (AvgIpc) is 2.96. The van der Waals surface area contributed by atoms with Gasteiger partial charge in [-0.3, -0.25) is 9.67 Å². The van der Waals surface area contributed by atoms with Crippen LogP contribution in [-0.2, 0) is 13.0 Å². The molecular formula is C20H32IN5O. The molecule has 6 nitrogen and oxygen atoms in total. The van der Waals surface area contributed by atoms with Gasteiger partial charge in [-0.1, -0.05) is 18.2 Å². The van der Waals surface area contributed by atoms with E-state index in [9.17, 15) is 0 Å². The van der Waals surface area contributed by atoms with Crippen LogP contribution in [0.5, 0.6) is 5.75 Å². The summed E-state index contributed by atoms with van der Waals surface area (Å²) in [4.78, 5) is 4.28. The molecule has 0 aliphatic carbocycles. The summed E-state index contributed by atoms with van der Waals surface area (Å²) < 4.78 is 7.73. The Bertz CT molecular complexity index is 714. The molecule has 2 N–H and O–H groups in total. The molecule has 1 aromatic carbocycles. The zero-order valence-corrected chi connectivity index (χ0v) is 19.1. The standard InChI is InChI=1S/C20H31N5O.HI/c1-5-26-19-10-7-6-9-18(19)11-13-23-20(21-4)22-12-8-14-25-17(3)15-16(2)24-25;/h6-7,9-10,15H,5,8,11-14H2,1-4H3,(H2,21,22,23);1H. The summed E-state index contributed by atoms with van der Waals surface area (Å²) in [5.41, 5.74) is 3.49. The summed E-state index contributed by atoms with van der Waals surface area (Å²) in [6, 6.07) is 10.3. The number of benzene rings is 1. The van der Waals surface area contributed by atoms with Crippen molar-refractivity contribution in [1.29, 1.82) is 0 Å². The van der Waals surface area contributed by atoms with E-state index in [1.807, 2.05) is 32.0 Å². The lowest BCUT2D eigenvalue weighted by Crippen LogP contribution is -2.39. The quantitative estimate of drug-likeness (QED) is 0.248. The van der Waals surface area contributed by atoms with Crippen LogP contribution in [0.15, 0.2) is 35.3 Å². The van der Waals surface area contributed by atoms with Gasteiger partial charge in [0.1, 0.15) is 5.75 Å². The van der Waals surface area contributed by atoms with Crippen LogP contribution in [0.1, 0.15) is 30.3 Å². The lowest BCUT2D eigenvalue weighted by molar-refractivity contribution is 0.336. The molecule has 7 heteroatoms. The van der Waals surface area contributed by atoms with Gasteiger partial charge >= 0.3 is 0 Å². The highest BCUT2D eigenvalue weighted by atomic mass is 127. The topological polar surface area (TPSA) is 63.5 Å². The summed E-state index contributed by atoms with van der Waals surface area (Å²) in [6.07, 6.45) is 1.89. The Morgan fingerprint density at radius 1 is 1.19 bits per heavy atom. The molecule has 0 saturated heterocycles. The van der Waals surface area contributed by atoms with Gasteiger partial charge in [0, 0.05) is 32.4 Å². The van der Waals surface area contributed by atoms with E-state index in [2.05, 4.69) is 44.5 Å². The van der Waals surface area contributed by atoms with Gasteiger partial charge in [0.25, 0.3) is 0 Å². The normalized spacial score (nSPS) is 11.0. The Labute approximate surface area is 179 Å². The third-order valence-corrected chi connectivity index (χ3v) is 4.13. The summed E-state index contributed by atoms with van der Waals surface area (Å²) >= 11 is 0. The molecule has 2 rings (SSSR count). The SMILES string of the molecule is CCOc1ccccc1CCNC(=NC)NCCCn1nc(C)cc1C.I. The van der Waals surface area contributed by atoms with Crippen molar-refractivity contribution in [3.05, 3.63) is 47.3 Å². The van der Waals surface area contributed by atoms with E-state index < -0.39 is 0 Å². The minimum Gasteiger partial charge on any atom is -0.494 e. The maximum atomic E-state index is 5.67. The number of aromatic nitrogens is 2. The molecule has 0 bridgehead atoms. The van der Waals surface area contributed by atoms with Crippen molar-refractivity contribution in [1.82, 2.24) is 20.4 Å². The second-order valence-corrected chi connectivity index (χ2v) is 6.22. The second-order valence-electron chi connectivity index (χ2n) is 6.22. The number of hydrogen-bond donors (Lipinski definition) is 2. The maximum Gasteiger partial charge on any atom is 0.190 e. The van der Waals surface area contributed by atoms with Crippen molar-refractivity contribution in [3.8, 4) is 5.75 Å². The smallest absolute Gasteiger partial charge is 0.190 e. The number of aryl methyl sites for hydroxylation is 3. The van der Waals surface area contributed by atoms with Crippen LogP contribution in [0.2, 0.25) is 0 Å². The van der Waals surface area contributed by atoms with Gasteiger partial charge in [0.2, 0.25) is 0 Å². The van der Waals surface area contributed by atoms with E-state index in [1.54, 1.807) is 7.05 Å². The van der Waals surface area contributed by atoms with Crippen LogP contribution in [0, 0.1) is 13.8 Å². The number of nitrogens with one attached hydrogen (secondary N) is 2. The molecule has 0 spiro atoms. The van der Waals surface area contributed by atoms with Crippen molar-refractivity contribution in [2.45, 2.75) is 40.2 Å². The Kier molecular flexibility index (Phi) is 10.8. The van der Waals surface area contributed by atoms with Crippen LogP contribution in [0.3, 0.4) is 0 Å². The van der Waals surface area contributed by atoms with Gasteiger partial charge in [-0.2, -0.15) is 5.10 Å². The minimum atomic E-state index is 0. The lowest BCUT2D eigenvalue weighted by Gasteiger charge is -2.13. The fraction of sp³-hybridized carbons (Fsp3) is 0.500. The Morgan fingerprint density at radius 3 is 2.59 bits per heavy atom. The molecule has 0 aliphatic heterocycles. The van der Waals surface area contributed by atoms with Gasteiger partial charge in [-0.15, -0.1) is 24.0 Å². The third-order valence-electron chi connectivity index (χ3n) is 4.13. The van der Waals surface area contributed by atoms with Crippen LogP contribution >= 0.6 is 24.0 Å². The first-order chi connectivity index (χ1) is 12.6. The number of para-hydroxylation sites is 1. The maximum absolute atomic E-state index is 5.67. The zero-order valence-electron chi connectivity index (χ0n) is 16.8. The first-order valence-corrected chi connectivity index (χ1v) is 9.30. The van der Waals surface area contributed by atoms with Crippen LogP contribution < -0.4 is 15.4 Å². The third kappa shape index (κ3) is 7.78.